The summed E-state index contributed by atoms with van der Waals surface area (Å²) in [5.41, 5.74) is -1.02. The first-order chi connectivity index (χ1) is 14.1. The van der Waals surface area contributed by atoms with Gasteiger partial charge >= 0.3 is 6.18 Å². The zero-order chi connectivity index (χ0) is 21.8. The van der Waals surface area contributed by atoms with Crippen molar-refractivity contribution >= 4 is 34.6 Å². The summed E-state index contributed by atoms with van der Waals surface area (Å²) in [5.74, 6) is -0.524. The van der Waals surface area contributed by atoms with Crippen LogP contribution in [0.15, 0.2) is 30.5 Å². The Hall–Kier alpha value is -3.59. The first-order valence-corrected chi connectivity index (χ1v) is 8.90. The lowest BCUT2D eigenvalue weighted by atomic mass is 9.94. The van der Waals surface area contributed by atoms with Crippen molar-refractivity contribution in [2.45, 2.75) is 25.2 Å². The van der Waals surface area contributed by atoms with Gasteiger partial charge in [0.15, 0.2) is 10.8 Å². The Kier molecular flexibility index (Phi) is 4.43. The maximum Gasteiger partial charge on any atom is 0.419 e. The summed E-state index contributed by atoms with van der Waals surface area (Å²) >= 11 is 5.33. The fourth-order valence-corrected chi connectivity index (χ4v) is 3.98. The lowest BCUT2D eigenvalue weighted by Crippen LogP contribution is -2.39. The molecule has 1 unspecified atom stereocenters. The van der Waals surface area contributed by atoms with E-state index in [1.165, 1.54) is 23.1 Å². The van der Waals surface area contributed by atoms with Crippen molar-refractivity contribution in [3.05, 3.63) is 63.0 Å². The molecule has 152 valence electrons. The third-order valence-electron chi connectivity index (χ3n) is 5.02. The second-order valence-electron chi connectivity index (χ2n) is 6.71. The van der Waals surface area contributed by atoms with Gasteiger partial charge in [0.25, 0.3) is 11.6 Å². The smallest absolute Gasteiger partial charge is 0.332 e. The number of fused-ring (bicyclic) bond motifs is 2. The average molecular weight is 433 g/mol. The zero-order valence-corrected chi connectivity index (χ0v) is 15.7. The predicted octanol–water partition coefficient (Wildman–Crippen LogP) is 2.94. The average Bonchev–Trinajstić information content (AvgIpc) is 2.94. The Balaban J connectivity index is 1.71. The molecule has 30 heavy (non-hydrogen) atoms. The van der Waals surface area contributed by atoms with Gasteiger partial charge in [-0.1, -0.05) is 6.07 Å². The number of hydrogen-bond donors (Lipinski definition) is 0. The molecule has 1 fully saturated rings. The van der Waals surface area contributed by atoms with E-state index in [2.05, 4.69) is 4.98 Å². The lowest BCUT2D eigenvalue weighted by Gasteiger charge is -2.30. The summed E-state index contributed by atoms with van der Waals surface area (Å²) in [7, 11) is 0. The molecule has 8 nitrogen and oxygen atoms in total. The second kappa shape index (κ2) is 6.74. The van der Waals surface area contributed by atoms with Crippen LogP contribution in [0.5, 0.6) is 0 Å². The molecule has 3 heterocycles. The number of hydrogen-bond acceptors (Lipinski definition) is 6. The Bertz CT molecular complexity index is 1160. The standard InChI is InChI=1S/C18H10F3N5O3S/c19-18(20,21)13-5-12(7-23-14(13)6-22)25-16(27)15-4-9-1-2-11(26(28)29)3-10(9)8-24(15)17(25)30/h1-3,5,7,15H,4,8H2. The fraction of sp³-hybridized carbons (Fsp3) is 0.222. The topological polar surface area (TPSA) is 103 Å². The Morgan fingerprint density at radius 3 is 2.67 bits per heavy atom. The van der Waals surface area contributed by atoms with Gasteiger partial charge in [-0.3, -0.25) is 19.8 Å². The van der Waals surface area contributed by atoms with E-state index >= 15 is 0 Å². The number of carbonyl (C=O) groups is 1. The van der Waals surface area contributed by atoms with Crippen LogP contribution in [0.4, 0.5) is 24.5 Å². The maximum atomic E-state index is 13.3. The summed E-state index contributed by atoms with van der Waals surface area (Å²) in [6.07, 6.45) is -3.63. The molecule has 0 radical (unpaired) electrons. The highest BCUT2D eigenvalue weighted by atomic mass is 32.1. The highest BCUT2D eigenvalue weighted by molar-refractivity contribution is 7.80. The number of nitriles is 1. The number of amides is 1. The third-order valence-corrected chi connectivity index (χ3v) is 5.43. The fourth-order valence-electron chi connectivity index (χ4n) is 3.60. The number of nitro benzene ring substituents is 1. The van der Waals surface area contributed by atoms with Crippen LogP contribution >= 0.6 is 12.2 Å². The third kappa shape index (κ3) is 3.03. The molecule has 0 aliphatic carbocycles. The molecule has 0 saturated carbocycles. The highest BCUT2D eigenvalue weighted by Crippen LogP contribution is 2.37. The number of anilines is 1. The van der Waals surface area contributed by atoms with Crippen molar-refractivity contribution in [1.82, 2.24) is 9.88 Å². The number of halogens is 3. The van der Waals surface area contributed by atoms with Crippen LogP contribution in [0.2, 0.25) is 0 Å². The Morgan fingerprint density at radius 1 is 1.30 bits per heavy atom. The predicted molar refractivity (Wildman–Crippen MR) is 100 cm³/mol. The molecule has 1 saturated heterocycles. The molecule has 2 aliphatic heterocycles. The molecular weight excluding hydrogens is 423 g/mol. The molecule has 1 amide bonds. The van der Waals surface area contributed by atoms with Crippen LogP contribution < -0.4 is 4.90 Å². The van der Waals surface area contributed by atoms with Crippen molar-refractivity contribution in [2.75, 3.05) is 4.90 Å². The number of carbonyl (C=O) groups excluding carboxylic acids is 1. The molecule has 1 aromatic heterocycles. The van der Waals surface area contributed by atoms with E-state index in [1.54, 1.807) is 6.07 Å². The van der Waals surface area contributed by atoms with Crippen molar-refractivity contribution in [3.63, 3.8) is 0 Å². The Morgan fingerprint density at radius 2 is 2.03 bits per heavy atom. The van der Waals surface area contributed by atoms with Crippen LogP contribution in [-0.4, -0.2) is 31.9 Å². The molecular formula is C18H10F3N5O3S. The number of benzene rings is 1. The van der Waals surface area contributed by atoms with E-state index in [1.807, 2.05) is 0 Å². The summed E-state index contributed by atoms with van der Waals surface area (Å²) in [6.45, 7) is 0.110. The molecule has 1 aromatic carbocycles. The molecule has 12 heteroatoms. The number of thiocarbonyl (C=S) groups is 1. The first kappa shape index (κ1) is 19.7. The van der Waals surface area contributed by atoms with Crippen molar-refractivity contribution in [3.8, 4) is 6.07 Å². The summed E-state index contributed by atoms with van der Waals surface area (Å²) in [6, 6.07) is 5.62. The maximum absolute atomic E-state index is 13.3. The second-order valence-corrected chi connectivity index (χ2v) is 7.08. The van der Waals surface area contributed by atoms with Gasteiger partial charge in [-0.25, -0.2) is 4.98 Å². The minimum atomic E-state index is -4.83. The van der Waals surface area contributed by atoms with Gasteiger partial charge in [-0.05, 0) is 29.4 Å². The largest absolute Gasteiger partial charge is 0.419 e. The van der Waals surface area contributed by atoms with Gasteiger partial charge < -0.3 is 4.90 Å². The Labute approximate surface area is 172 Å². The molecule has 2 aliphatic rings. The van der Waals surface area contributed by atoms with Crippen LogP contribution in [0.1, 0.15) is 22.4 Å². The number of rotatable bonds is 2. The number of nitro groups is 1. The molecule has 2 aromatic rings. The molecule has 0 bridgehead atoms. The van der Waals surface area contributed by atoms with E-state index in [0.29, 0.717) is 11.6 Å². The molecule has 4 rings (SSSR count). The van der Waals surface area contributed by atoms with Crippen molar-refractivity contribution < 1.29 is 22.9 Å². The number of aromatic nitrogens is 1. The molecule has 0 spiro atoms. The van der Waals surface area contributed by atoms with Gasteiger partial charge in [-0.15, -0.1) is 0 Å². The summed E-state index contributed by atoms with van der Waals surface area (Å²) in [5, 5.41) is 19.9. The minimum absolute atomic E-state index is 0.0261. The van der Waals surface area contributed by atoms with E-state index in [0.717, 1.165) is 16.7 Å². The first-order valence-electron chi connectivity index (χ1n) is 8.50. The van der Waals surface area contributed by atoms with Gasteiger partial charge in [0.05, 0.1) is 22.4 Å². The molecule has 0 N–H and O–H groups in total. The number of pyridine rings is 1. The number of nitrogens with zero attached hydrogens (tertiary/aromatic N) is 5. The lowest BCUT2D eigenvalue weighted by molar-refractivity contribution is -0.385. The van der Waals surface area contributed by atoms with E-state index in [9.17, 15) is 28.1 Å². The van der Waals surface area contributed by atoms with Gasteiger partial charge in [0.2, 0.25) is 0 Å². The normalized spacial score (nSPS) is 18.1. The summed E-state index contributed by atoms with van der Waals surface area (Å²) < 4.78 is 39.8. The van der Waals surface area contributed by atoms with Crippen LogP contribution in [0.3, 0.4) is 0 Å². The minimum Gasteiger partial charge on any atom is -0.332 e. The van der Waals surface area contributed by atoms with Gasteiger partial charge in [-0.2, -0.15) is 18.4 Å². The van der Waals surface area contributed by atoms with Crippen LogP contribution in [-0.2, 0) is 23.9 Å². The quantitative estimate of drug-likeness (QED) is 0.408. The number of non-ortho nitro benzene ring substituents is 1. The van der Waals surface area contributed by atoms with Crippen molar-refractivity contribution in [2.24, 2.45) is 0 Å². The monoisotopic (exact) mass is 433 g/mol. The number of alkyl halides is 3. The van der Waals surface area contributed by atoms with Gasteiger partial charge in [0.1, 0.15) is 12.1 Å². The van der Waals surface area contributed by atoms with Crippen LogP contribution in [0.25, 0.3) is 0 Å². The highest BCUT2D eigenvalue weighted by Gasteiger charge is 2.46. The van der Waals surface area contributed by atoms with Crippen LogP contribution in [0, 0.1) is 21.4 Å². The van der Waals surface area contributed by atoms with E-state index in [4.69, 9.17) is 17.5 Å². The summed E-state index contributed by atoms with van der Waals surface area (Å²) in [4.78, 5) is 29.5. The van der Waals surface area contributed by atoms with E-state index in [-0.39, 0.29) is 29.5 Å². The molecule has 1 atom stereocenters. The van der Waals surface area contributed by atoms with Gasteiger partial charge in [0, 0.05) is 25.1 Å². The zero-order valence-electron chi connectivity index (χ0n) is 14.9. The van der Waals surface area contributed by atoms with E-state index < -0.39 is 34.3 Å². The van der Waals surface area contributed by atoms with Crippen molar-refractivity contribution in [1.29, 1.82) is 5.26 Å². The SMILES string of the molecule is N#Cc1ncc(N2C(=O)C3Cc4ccc([N+](=O)[O-])cc4CN3C2=S)cc1C(F)(F)F.